The number of benzene rings is 1. The van der Waals surface area contributed by atoms with Gasteiger partial charge in [-0.15, -0.1) is 0 Å². The molecule has 2 heterocycles. The van der Waals surface area contributed by atoms with Crippen LogP contribution in [0.2, 0.25) is 0 Å². The van der Waals surface area contributed by atoms with Gasteiger partial charge in [0.2, 0.25) is 0 Å². The first-order valence-corrected chi connectivity index (χ1v) is 6.74. The highest BCUT2D eigenvalue weighted by Gasteiger charge is 2.04. The topological polar surface area (TPSA) is 34.8 Å². The molecule has 4 nitrogen and oxygen atoms in total. The third-order valence-corrected chi connectivity index (χ3v) is 3.29. The molecule has 0 amide bonds. The Bertz CT molecular complexity index is 667. The molecule has 0 saturated carbocycles. The molecular formula is C16H18N4. The van der Waals surface area contributed by atoms with Crippen LogP contribution in [0.4, 0.5) is 0 Å². The van der Waals surface area contributed by atoms with Crippen molar-refractivity contribution in [3.8, 4) is 5.69 Å². The molecule has 1 N–H and O–H groups in total. The second kappa shape index (κ2) is 5.75. The van der Waals surface area contributed by atoms with Crippen LogP contribution in [0.25, 0.3) is 5.69 Å². The lowest BCUT2D eigenvalue weighted by molar-refractivity contribution is 0.694. The minimum Gasteiger partial charge on any atom is -0.346 e. The van der Waals surface area contributed by atoms with E-state index in [0.717, 1.165) is 18.8 Å². The van der Waals surface area contributed by atoms with E-state index in [9.17, 15) is 0 Å². The van der Waals surface area contributed by atoms with Crippen LogP contribution in [0.5, 0.6) is 0 Å². The van der Waals surface area contributed by atoms with Gasteiger partial charge < -0.3 is 9.88 Å². The zero-order valence-corrected chi connectivity index (χ0v) is 11.5. The van der Waals surface area contributed by atoms with Crippen LogP contribution >= 0.6 is 0 Å². The zero-order valence-electron chi connectivity index (χ0n) is 11.5. The normalized spacial score (nSPS) is 10.8. The van der Waals surface area contributed by atoms with E-state index in [1.54, 1.807) is 0 Å². The molecule has 1 aromatic carbocycles. The van der Waals surface area contributed by atoms with Gasteiger partial charge in [-0.3, -0.25) is 0 Å². The molecule has 0 aliphatic heterocycles. The quantitative estimate of drug-likeness (QED) is 0.769. The van der Waals surface area contributed by atoms with Crippen LogP contribution in [0.3, 0.4) is 0 Å². The summed E-state index contributed by atoms with van der Waals surface area (Å²) in [5, 5.41) is 7.62. The molecule has 4 heteroatoms. The van der Waals surface area contributed by atoms with E-state index in [1.165, 1.54) is 11.3 Å². The summed E-state index contributed by atoms with van der Waals surface area (Å²) < 4.78 is 4.15. The van der Waals surface area contributed by atoms with E-state index in [4.69, 9.17) is 0 Å². The predicted molar refractivity (Wildman–Crippen MR) is 79.9 cm³/mol. The van der Waals surface area contributed by atoms with Crippen molar-refractivity contribution in [2.45, 2.75) is 13.1 Å². The van der Waals surface area contributed by atoms with E-state index in [2.05, 4.69) is 51.6 Å². The van der Waals surface area contributed by atoms with Gasteiger partial charge in [0.25, 0.3) is 0 Å². The second-order valence-corrected chi connectivity index (χ2v) is 4.79. The minimum absolute atomic E-state index is 0.844. The molecule has 20 heavy (non-hydrogen) atoms. The molecule has 0 aliphatic carbocycles. The maximum atomic E-state index is 4.43. The lowest BCUT2D eigenvalue weighted by atomic mass is 10.3. The molecule has 0 radical (unpaired) electrons. The summed E-state index contributed by atoms with van der Waals surface area (Å²) in [7, 11) is 1.96. The van der Waals surface area contributed by atoms with Crippen LogP contribution < -0.4 is 5.32 Å². The maximum absolute atomic E-state index is 4.43. The Morgan fingerprint density at radius 1 is 1.10 bits per heavy atom. The van der Waals surface area contributed by atoms with Gasteiger partial charge in [-0.25, -0.2) is 4.68 Å². The fraction of sp³-hybridized carbons (Fsp3) is 0.188. The number of nitrogens with one attached hydrogen (secondary N) is 1. The Hall–Kier alpha value is -2.33. The second-order valence-electron chi connectivity index (χ2n) is 4.79. The fourth-order valence-corrected chi connectivity index (χ4v) is 2.31. The Labute approximate surface area is 118 Å². The molecular weight excluding hydrogens is 248 g/mol. The van der Waals surface area contributed by atoms with Gasteiger partial charge in [-0.2, -0.15) is 5.10 Å². The third kappa shape index (κ3) is 2.65. The first-order valence-electron chi connectivity index (χ1n) is 6.74. The average Bonchev–Trinajstić information content (AvgIpc) is 3.11. The van der Waals surface area contributed by atoms with Crippen LogP contribution in [-0.4, -0.2) is 21.4 Å². The molecule has 0 bridgehead atoms. The molecule has 0 unspecified atom stereocenters. The molecule has 0 fully saturated rings. The van der Waals surface area contributed by atoms with Crippen LogP contribution in [-0.2, 0) is 13.1 Å². The average molecular weight is 266 g/mol. The van der Waals surface area contributed by atoms with Crippen molar-refractivity contribution in [2.24, 2.45) is 0 Å². The van der Waals surface area contributed by atoms with E-state index in [1.807, 2.05) is 36.1 Å². The third-order valence-electron chi connectivity index (χ3n) is 3.29. The van der Waals surface area contributed by atoms with Gasteiger partial charge in [0.05, 0.1) is 18.4 Å². The van der Waals surface area contributed by atoms with E-state index in [0.29, 0.717) is 0 Å². The van der Waals surface area contributed by atoms with E-state index < -0.39 is 0 Å². The van der Waals surface area contributed by atoms with Gasteiger partial charge in [-0.05, 0) is 31.3 Å². The lowest BCUT2D eigenvalue weighted by Gasteiger charge is -2.07. The number of aromatic nitrogens is 3. The lowest BCUT2D eigenvalue weighted by Crippen LogP contribution is -2.11. The Morgan fingerprint density at radius 2 is 1.95 bits per heavy atom. The molecule has 0 saturated heterocycles. The van der Waals surface area contributed by atoms with Crippen molar-refractivity contribution in [3.05, 3.63) is 72.3 Å². The molecule has 3 rings (SSSR count). The summed E-state index contributed by atoms with van der Waals surface area (Å²) in [6.07, 6.45) is 6.11. The molecule has 0 spiro atoms. The first-order chi connectivity index (χ1) is 9.86. The number of nitrogens with zero attached hydrogens (tertiary/aromatic N) is 3. The summed E-state index contributed by atoms with van der Waals surface area (Å²) in [6.45, 7) is 1.72. The molecule has 3 aromatic rings. The number of hydrogen-bond acceptors (Lipinski definition) is 2. The van der Waals surface area contributed by atoms with Crippen LogP contribution in [0.15, 0.2) is 61.1 Å². The molecule has 102 valence electrons. The van der Waals surface area contributed by atoms with Gasteiger partial charge in [0.1, 0.15) is 0 Å². The van der Waals surface area contributed by atoms with Gasteiger partial charge >= 0.3 is 0 Å². The van der Waals surface area contributed by atoms with Crippen molar-refractivity contribution in [1.82, 2.24) is 19.7 Å². The van der Waals surface area contributed by atoms with Gasteiger partial charge in [0.15, 0.2) is 0 Å². The van der Waals surface area contributed by atoms with Crippen molar-refractivity contribution in [2.75, 3.05) is 7.05 Å². The Morgan fingerprint density at radius 3 is 2.75 bits per heavy atom. The summed E-state index contributed by atoms with van der Waals surface area (Å²) in [5.41, 5.74) is 3.56. The molecule has 0 aliphatic rings. The minimum atomic E-state index is 0.844. The highest BCUT2D eigenvalue weighted by Crippen LogP contribution is 2.11. The van der Waals surface area contributed by atoms with Crippen molar-refractivity contribution in [3.63, 3.8) is 0 Å². The van der Waals surface area contributed by atoms with Crippen LogP contribution in [0.1, 0.15) is 11.3 Å². The Balaban J connectivity index is 1.79. The van der Waals surface area contributed by atoms with Crippen LogP contribution in [0, 0.1) is 0 Å². The van der Waals surface area contributed by atoms with Crippen molar-refractivity contribution >= 4 is 0 Å². The number of hydrogen-bond donors (Lipinski definition) is 1. The summed E-state index contributed by atoms with van der Waals surface area (Å²) >= 11 is 0. The van der Waals surface area contributed by atoms with E-state index in [-0.39, 0.29) is 0 Å². The number of rotatable bonds is 5. The fourth-order valence-electron chi connectivity index (χ4n) is 2.31. The Kier molecular flexibility index (Phi) is 3.65. The predicted octanol–water partition coefficient (Wildman–Crippen LogP) is 2.44. The van der Waals surface area contributed by atoms with Crippen molar-refractivity contribution < 1.29 is 0 Å². The summed E-state index contributed by atoms with van der Waals surface area (Å²) in [6, 6.07) is 14.4. The zero-order chi connectivity index (χ0) is 13.8. The maximum Gasteiger partial charge on any atom is 0.0645 e. The molecule has 0 atom stereocenters. The molecule has 2 aromatic heterocycles. The first kappa shape index (κ1) is 12.7. The largest absolute Gasteiger partial charge is 0.346 e. The SMILES string of the molecule is CNCc1cccn1Cc1cnn(-c2ccccc2)c1. The monoisotopic (exact) mass is 266 g/mol. The summed E-state index contributed by atoms with van der Waals surface area (Å²) in [4.78, 5) is 0. The highest BCUT2D eigenvalue weighted by atomic mass is 15.3. The summed E-state index contributed by atoms with van der Waals surface area (Å²) in [5.74, 6) is 0. The smallest absolute Gasteiger partial charge is 0.0645 e. The number of para-hydroxylation sites is 1. The highest BCUT2D eigenvalue weighted by molar-refractivity contribution is 5.31. The standard InChI is InChI=1S/C16H18N4/c1-17-11-16-8-5-9-19(16)12-14-10-18-20(13-14)15-6-3-2-4-7-15/h2-10,13,17H,11-12H2,1H3. The van der Waals surface area contributed by atoms with Gasteiger partial charge in [-0.1, -0.05) is 18.2 Å². The van der Waals surface area contributed by atoms with Gasteiger partial charge in [0, 0.05) is 30.2 Å². The van der Waals surface area contributed by atoms with E-state index >= 15 is 0 Å². The van der Waals surface area contributed by atoms with Crippen molar-refractivity contribution in [1.29, 1.82) is 0 Å².